The van der Waals surface area contributed by atoms with E-state index in [1.807, 2.05) is 18.2 Å². The first-order chi connectivity index (χ1) is 14.3. The topological polar surface area (TPSA) is 61.8 Å². The fourth-order valence-electron chi connectivity index (χ4n) is 3.70. The average Bonchev–Trinajstić information content (AvgIpc) is 2.72. The number of anilines is 2. The van der Waals surface area contributed by atoms with Crippen molar-refractivity contribution in [3.63, 3.8) is 0 Å². The van der Waals surface area contributed by atoms with E-state index in [4.69, 9.17) is 4.74 Å². The minimum Gasteiger partial charge on any atom is -0.486 e. The Morgan fingerprint density at radius 3 is 2.57 bits per heavy atom. The molecule has 1 atom stereocenters. The standard InChI is InChI=1S/C25H34N2O3/c1-5-21-17-27(14-15-28)22-16-20(11-12-23(22)30-21)26-24(29)13-8-18-6-9-19(10-7-18)25(2,3)4/h6-7,9-12,16,21,28H,5,8,13-15,17H2,1-4H3,(H,26,29). The molecule has 0 aromatic heterocycles. The summed E-state index contributed by atoms with van der Waals surface area (Å²) in [6, 6.07) is 14.2. The number of hydrogen-bond acceptors (Lipinski definition) is 4. The first kappa shape index (κ1) is 22.2. The number of amides is 1. The van der Waals surface area contributed by atoms with Gasteiger partial charge in [-0.25, -0.2) is 0 Å². The molecule has 1 unspecified atom stereocenters. The Bertz CT molecular complexity index is 856. The van der Waals surface area contributed by atoms with Crippen LogP contribution in [0.2, 0.25) is 0 Å². The smallest absolute Gasteiger partial charge is 0.224 e. The van der Waals surface area contributed by atoms with Gasteiger partial charge < -0.3 is 20.1 Å². The minimum atomic E-state index is -0.00767. The van der Waals surface area contributed by atoms with Crippen LogP contribution in [0.4, 0.5) is 11.4 Å². The van der Waals surface area contributed by atoms with Crippen molar-refractivity contribution < 1.29 is 14.6 Å². The third-order valence-corrected chi connectivity index (χ3v) is 5.59. The van der Waals surface area contributed by atoms with Gasteiger partial charge in [-0.1, -0.05) is 52.0 Å². The van der Waals surface area contributed by atoms with Gasteiger partial charge in [0.2, 0.25) is 5.91 Å². The Hall–Kier alpha value is -2.53. The number of aryl methyl sites for hydroxylation is 1. The number of nitrogens with one attached hydrogen (secondary N) is 1. The van der Waals surface area contributed by atoms with Crippen LogP contribution in [0, 0.1) is 0 Å². The Balaban J connectivity index is 1.61. The van der Waals surface area contributed by atoms with Crippen LogP contribution in [-0.2, 0) is 16.6 Å². The van der Waals surface area contributed by atoms with Crippen molar-refractivity contribution in [3.05, 3.63) is 53.6 Å². The number of β-amino-alcohol motifs (C(OH)–C–C–N with tert-alkyl or cyclic N) is 1. The van der Waals surface area contributed by atoms with Crippen molar-refractivity contribution in [1.82, 2.24) is 0 Å². The lowest BCUT2D eigenvalue weighted by Gasteiger charge is -2.36. The molecule has 0 spiro atoms. The van der Waals surface area contributed by atoms with Crippen LogP contribution in [-0.4, -0.2) is 36.8 Å². The molecule has 3 rings (SSSR count). The van der Waals surface area contributed by atoms with Crippen LogP contribution in [0.15, 0.2) is 42.5 Å². The zero-order chi connectivity index (χ0) is 21.7. The number of carbonyl (C=O) groups is 1. The third kappa shape index (κ3) is 5.54. The fourth-order valence-corrected chi connectivity index (χ4v) is 3.70. The van der Waals surface area contributed by atoms with Crippen LogP contribution >= 0.6 is 0 Å². The van der Waals surface area contributed by atoms with Gasteiger partial charge in [-0.05, 0) is 47.6 Å². The quantitative estimate of drug-likeness (QED) is 0.704. The summed E-state index contributed by atoms with van der Waals surface area (Å²) in [5.41, 5.74) is 4.27. The number of aliphatic hydroxyl groups is 1. The number of hydrogen-bond donors (Lipinski definition) is 2. The summed E-state index contributed by atoms with van der Waals surface area (Å²) in [6.45, 7) is 10.1. The van der Waals surface area contributed by atoms with E-state index in [0.29, 0.717) is 19.4 Å². The summed E-state index contributed by atoms with van der Waals surface area (Å²) in [7, 11) is 0. The van der Waals surface area contributed by atoms with Gasteiger partial charge in [-0.2, -0.15) is 0 Å². The van der Waals surface area contributed by atoms with E-state index in [0.717, 1.165) is 35.7 Å². The van der Waals surface area contributed by atoms with Crippen molar-refractivity contribution in [3.8, 4) is 5.75 Å². The number of rotatable bonds is 7. The van der Waals surface area contributed by atoms with E-state index in [1.165, 1.54) is 5.56 Å². The molecule has 0 radical (unpaired) electrons. The molecule has 2 N–H and O–H groups in total. The maximum atomic E-state index is 12.5. The molecule has 1 heterocycles. The highest BCUT2D eigenvalue weighted by molar-refractivity contribution is 5.91. The lowest BCUT2D eigenvalue weighted by Crippen LogP contribution is -2.41. The number of fused-ring (bicyclic) bond motifs is 1. The molecule has 0 fully saturated rings. The number of aliphatic hydroxyl groups excluding tert-OH is 1. The van der Waals surface area contributed by atoms with Crippen LogP contribution in [0.5, 0.6) is 5.75 Å². The second-order valence-corrected chi connectivity index (χ2v) is 9.00. The van der Waals surface area contributed by atoms with Gasteiger partial charge in [-0.3, -0.25) is 4.79 Å². The van der Waals surface area contributed by atoms with Gasteiger partial charge in [0, 0.05) is 18.7 Å². The summed E-state index contributed by atoms with van der Waals surface area (Å²) >= 11 is 0. The number of nitrogens with zero attached hydrogens (tertiary/aromatic N) is 1. The van der Waals surface area contributed by atoms with Crippen LogP contribution < -0.4 is 15.0 Å². The van der Waals surface area contributed by atoms with Crippen molar-refractivity contribution >= 4 is 17.3 Å². The minimum absolute atomic E-state index is 0.00767. The maximum Gasteiger partial charge on any atom is 0.224 e. The molecular weight excluding hydrogens is 376 g/mol. The molecule has 0 saturated heterocycles. The molecule has 1 amide bonds. The van der Waals surface area contributed by atoms with E-state index in [1.54, 1.807) is 0 Å². The van der Waals surface area contributed by atoms with E-state index in [9.17, 15) is 9.90 Å². The first-order valence-corrected chi connectivity index (χ1v) is 10.9. The Morgan fingerprint density at radius 2 is 1.93 bits per heavy atom. The van der Waals surface area contributed by atoms with Gasteiger partial charge in [0.05, 0.1) is 18.8 Å². The van der Waals surface area contributed by atoms with Crippen LogP contribution in [0.3, 0.4) is 0 Å². The van der Waals surface area contributed by atoms with E-state index >= 15 is 0 Å². The van der Waals surface area contributed by atoms with Gasteiger partial charge >= 0.3 is 0 Å². The molecular formula is C25H34N2O3. The lowest BCUT2D eigenvalue weighted by molar-refractivity contribution is -0.116. The van der Waals surface area contributed by atoms with Gasteiger partial charge in [0.15, 0.2) is 0 Å². The third-order valence-electron chi connectivity index (χ3n) is 5.59. The average molecular weight is 411 g/mol. The van der Waals surface area contributed by atoms with Gasteiger partial charge in [0.25, 0.3) is 0 Å². The summed E-state index contributed by atoms with van der Waals surface area (Å²) in [4.78, 5) is 14.6. The maximum absolute atomic E-state index is 12.5. The number of benzene rings is 2. The summed E-state index contributed by atoms with van der Waals surface area (Å²) < 4.78 is 6.02. The lowest BCUT2D eigenvalue weighted by atomic mass is 9.86. The van der Waals surface area contributed by atoms with Crippen molar-refractivity contribution in [2.75, 3.05) is 29.9 Å². The predicted molar refractivity (Wildman–Crippen MR) is 123 cm³/mol. The zero-order valence-electron chi connectivity index (χ0n) is 18.6. The highest BCUT2D eigenvalue weighted by atomic mass is 16.5. The van der Waals surface area contributed by atoms with Crippen molar-refractivity contribution in [2.45, 2.75) is 58.5 Å². The molecule has 162 valence electrons. The molecule has 30 heavy (non-hydrogen) atoms. The zero-order valence-corrected chi connectivity index (χ0v) is 18.6. The van der Waals surface area contributed by atoms with Crippen LogP contribution in [0.25, 0.3) is 0 Å². The first-order valence-electron chi connectivity index (χ1n) is 10.9. The monoisotopic (exact) mass is 410 g/mol. The molecule has 1 aliphatic rings. The molecule has 5 heteroatoms. The summed E-state index contributed by atoms with van der Waals surface area (Å²) in [6.07, 6.45) is 2.17. The largest absolute Gasteiger partial charge is 0.486 e. The second kappa shape index (κ2) is 9.52. The van der Waals surface area contributed by atoms with Crippen LogP contribution in [0.1, 0.15) is 51.7 Å². The number of ether oxygens (including phenoxy) is 1. The Labute approximate surface area is 180 Å². The van der Waals surface area contributed by atoms with Crippen molar-refractivity contribution in [2.24, 2.45) is 0 Å². The number of carbonyl (C=O) groups excluding carboxylic acids is 1. The second-order valence-electron chi connectivity index (χ2n) is 9.00. The Morgan fingerprint density at radius 1 is 1.20 bits per heavy atom. The normalized spacial score (nSPS) is 16.0. The molecule has 0 saturated carbocycles. The molecule has 1 aliphatic heterocycles. The molecule has 0 aliphatic carbocycles. The molecule has 5 nitrogen and oxygen atoms in total. The molecule has 0 bridgehead atoms. The molecule has 2 aromatic rings. The van der Waals surface area contributed by atoms with Gasteiger partial charge in [0.1, 0.15) is 11.9 Å². The fraction of sp³-hybridized carbons (Fsp3) is 0.480. The summed E-state index contributed by atoms with van der Waals surface area (Å²) in [5.74, 6) is 0.796. The van der Waals surface area contributed by atoms with E-state index in [2.05, 4.69) is 62.2 Å². The van der Waals surface area contributed by atoms with E-state index in [-0.39, 0.29) is 24.0 Å². The summed E-state index contributed by atoms with van der Waals surface area (Å²) in [5, 5.41) is 12.4. The molecule has 2 aromatic carbocycles. The predicted octanol–water partition coefficient (Wildman–Crippen LogP) is 4.53. The highest BCUT2D eigenvalue weighted by Crippen LogP contribution is 2.36. The SMILES string of the molecule is CCC1CN(CCO)c2cc(NC(=O)CCc3ccc(C(C)(C)C)cc3)ccc2O1. The van der Waals surface area contributed by atoms with Gasteiger partial charge in [-0.15, -0.1) is 0 Å². The van der Waals surface area contributed by atoms with Crippen molar-refractivity contribution in [1.29, 1.82) is 0 Å². The highest BCUT2D eigenvalue weighted by Gasteiger charge is 2.24. The van der Waals surface area contributed by atoms with E-state index < -0.39 is 0 Å². The Kier molecular flexibility index (Phi) is 7.03.